The molecule has 0 aliphatic rings. The first-order valence-corrected chi connectivity index (χ1v) is 4.60. The molecule has 0 heterocycles. The van der Waals surface area contributed by atoms with Crippen molar-refractivity contribution in [1.82, 2.24) is 0 Å². The normalized spacial score (nSPS) is 12.4. The molecule has 0 N–H and O–H groups in total. The number of nitro benzene ring substituents is 1. The van der Waals surface area contributed by atoms with Crippen LogP contribution in [0.1, 0.15) is 5.56 Å². The van der Waals surface area contributed by atoms with Crippen LogP contribution in [0.5, 0.6) is 0 Å². The Kier molecular flexibility index (Phi) is 3.91. The van der Waals surface area contributed by atoms with Crippen molar-refractivity contribution in [3.63, 3.8) is 0 Å². The second kappa shape index (κ2) is 4.97. The Balaban J connectivity index is 2.90. The SMILES string of the molecule is COC(S)Cc1ccccc1[N+](=O)[O-]. The molecule has 0 aliphatic carbocycles. The molecule has 0 spiro atoms. The number of nitrogens with zero attached hydrogens (tertiary/aromatic N) is 1. The summed E-state index contributed by atoms with van der Waals surface area (Å²) in [7, 11) is 1.52. The summed E-state index contributed by atoms with van der Waals surface area (Å²) in [5.74, 6) is 0. The van der Waals surface area contributed by atoms with Crippen molar-refractivity contribution in [1.29, 1.82) is 0 Å². The molecule has 0 bridgehead atoms. The van der Waals surface area contributed by atoms with Gasteiger partial charge in [0.25, 0.3) is 5.69 Å². The number of ether oxygens (including phenoxy) is 1. The lowest BCUT2D eigenvalue weighted by Gasteiger charge is -2.08. The Hall–Kier alpha value is -1.07. The molecule has 0 saturated carbocycles. The van der Waals surface area contributed by atoms with Gasteiger partial charge in [0.2, 0.25) is 0 Å². The van der Waals surface area contributed by atoms with Gasteiger partial charge in [0.05, 0.1) is 4.92 Å². The molecule has 0 aliphatic heterocycles. The molecule has 76 valence electrons. The van der Waals surface area contributed by atoms with Gasteiger partial charge in [0, 0.05) is 25.2 Å². The number of rotatable bonds is 4. The van der Waals surface area contributed by atoms with Crippen LogP contribution in [0.4, 0.5) is 5.69 Å². The van der Waals surface area contributed by atoms with Gasteiger partial charge >= 0.3 is 0 Å². The molecular weight excluding hydrogens is 202 g/mol. The van der Waals surface area contributed by atoms with E-state index in [0.717, 1.165) is 0 Å². The summed E-state index contributed by atoms with van der Waals surface area (Å²) in [6, 6.07) is 6.59. The highest BCUT2D eigenvalue weighted by Gasteiger charge is 2.14. The topological polar surface area (TPSA) is 52.4 Å². The fourth-order valence-corrected chi connectivity index (χ4v) is 1.33. The Morgan fingerprint density at radius 1 is 1.57 bits per heavy atom. The van der Waals surface area contributed by atoms with Crippen LogP contribution in [0.2, 0.25) is 0 Å². The number of benzene rings is 1. The molecule has 1 atom stereocenters. The van der Waals surface area contributed by atoms with Crippen molar-refractivity contribution in [2.75, 3.05) is 7.11 Å². The average Bonchev–Trinajstić information content (AvgIpc) is 2.18. The number of thiol groups is 1. The number of nitro groups is 1. The highest BCUT2D eigenvalue weighted by molar-refractivity contribution is 7.80. The van der Waals surface area contributed by atoms with E-state index in [1.54, 1.807) is 18.2 Å². The van der Waals surface area contributed by atoms with E-state index < -0.39 is 4.92 Å². The van der Waals surface area contributed by atoms with Crippen molar-refractivity contribution < 1.29 is 9.66 Å². The van der Waals surface area contributed by atoms with Crippen LogP contribution in [0.3, 0.4) is 0 Å². The Morgan fingerprint density at radius 2 is 2.21 bits per heavy atom. The Morgan fingerprint density at radius 3 is 2.79 bits per heavy atom. The number of methoxy groups -OCH3 is 1. The lowest BCUT2D eigenvalue weighted by Crippen LogP contribution is -2.07. The molecule has 5 heteroatoms. The summed E-state index contributed by atoms with van der Waals surface area (Å²) in [5.41, 5.74) is 0.444. The van der Waals surface area contributed by atoms with E-state index in [1.165, 1.54) is 13.2 Å². The third-order valence-corrected chi connectivity index (χ3v) is 2.25. The number of hydrogen-bond donors (Lipinski definition) is 1. The Labute approximate surface area is 87.4 Å². The van der Waals surface area contributed by atoms with Crippen molar-refractivity contribution >= 4 is 18.3 Å². The highest BCUT2D eigenvalue weighted by Crippen LogP contribution is 2.20. The van der Waals surface area contributed by atoms with E-state index in [0.29, 0.717) is 12.0 Å². The summed E-state index contributed by atoms with van der Waals surface area (Å²) in [6.45, 7) is 0. The predicted octanol–water partition coefficient (Wildman–Crippen LogP) is 2.04. The van der Waals surface area contributed by atoms with Gasteiger partial charge in [-0.1, -0.05) is 18.2 Å². The van der Waals surface area contributed by atoms with Gasteiger partial charge in [-0.25, -0.2) is 0 Å². The van der Waals surface area contributed by atoms with Crippen LogP contribution in [0, 0.1) is 10.1 Å². The van der Waals surface area contributed by atoms with E-state index in [-0.39, 0.29) is 11.1 Å². The van der Waals surface area contributed by atoms with Crippen LogP contribution in [0.25, 0.3) is 0 Å². The molecule has 0 radical (unpaired) electrons. The van der Waals surface area contributed by atoms with Gasteiger partial charge in [-0.05, 0) is 0 Å². The van der Waals surface area contributed by atoms with Crippen LogP contribution in [-0.2, 0) is 11.2 Å². The summed E-state index contributed by atoms with van der Waals surface area (Å²) in [4.78, 5) is 10.2. The van der Waals surface area contributed by atoms with Gasteiger partial charge in [0.15, 0.2) is 0 Å². The zero-order valence-corrected chi connectivity index (χ0v) is 8.61. The molecule has 0 fully saturated rings. The van der Waals surface area contributed by atoms with Crippen molar-refractivity contribution in [3.05, 3.63) is 39.9 Å². The quantitative estimate of drug-likeness (QED) is 0.360. The lowest BCUT2D eigenvalue weighted by atomic mass is 10.1. The minimum Gasteiger partial charge on any atom is -0.371 e. The first-order valence-electron chi connectivity index (χ1n) is 4.08. The van der Waals surface area contributed by atoms with Gasteiger partial charge in [0.1, 0.15) is 5.44 Å². The van der Waals surface area contributed by atoms with Crippen molar-refractivity contribution in [3.8, 4) is 0 Å². The molecule has 1 unspecified atom stereocenters. The van der Waals surface area contributed by atoms with E-state index in [2.05, 4.69) is 12.6 Å². The summed E-state index contributed by atoms with van der Waals surface area (Å²) < 4.78 is 4.93. The van der Waals surface area contributed by atoms with Crippen LogP contribution >= 0.6 is 12.6 Å². The second-order valence-corrected chi connectivity index (χ2v) is 3.36. The zero-order chi connectivity index (χ0) is 10.6. The lowest BCUT2D eigenvalue weighted by molar-refractivity contribution is -0.385. The maximum atomic E-state index is 10.6. The maximum absolute atomic E-state index is 10.6. The molecule has 4 nitrogen and oxygen atoms in total. The van der Waals surface area contributed by atoms with E-state index in [9.17, 15) is 10.1 Å². The third-order valence-electron chi connectivity index (χ3n) is 1.85. The summed E-state index contributed by atoms with van der Waals surface area (Å²) >= 11 is 4.11. The van der Waals surface area contributed by atoms with Gasteiger partial charge in [-0.3, -0.25) is 10.1 Å². The van der Waals surface area contributed by atoms with Crippen molar-refractivity contribution in [2.24, 2.45) is 0 Å². The standard InChI is InChI=1S/C9H11NO3S/c1-13-9(14)6-7-4-2-3-5-8(7)10(11)12/h2-5,9,14H,6H2,1H3. The molecular formula is C9H11NO3S. The van der Waals surface area contributed by atoms with E-state index >= 15 is 0 Å². The fraction of sp³-hybridized carbons (Fsp3) is 0.333. The highest BCUT2D eigenvalue weighted by atomic mass is 32.1. The average molecular weight is 213 g/mol. The molecule has 1 aromatic rings. The monoisotopic (exact) mass is 213 g/mol. The van der Waals surface area contributed by atoms with Crippen LogP contribution < -0.4 is 0 Å². The molecule has 14 heavy (non-hydrogen) atoms. The van der Waals surface area contributed by atoms with Gasteiger partial charge < -0.3 is 4.74 Å². The van der Waals surface area contributed by atoms with Crippen LogP contribution in [-0.4, -0.2) is 17.5 Å². The smallest absolute Gasteiger partial charge is 0.272 e. The molecule has 1 aromatic carbocycles. The van der Waals surface area contributed by atoms with Crippen LogP contribution in [0.15, 0.2) is 24.3 Å². The molecule has 0 aromatic heterocycles. The fourth-order valence-electron chi connectivity index (χ4n) is 1.13. The van der Waals surface area contributed by atoms with Crippen molar-refractivity contribution in [2.45, 2.75) is 11.9 Å². The molecule has 0 amide bonds. The van der Waals surface area contributed by atoms with Gasteiger partial charge in [-0.15, -0.1) is 12.6 Å². The first kappa shape index (κ1) is 11.0. The summed E-state index contributed by atoms with van der Waals surface area (Å²) in [6.07, 6.45) is 0.427. The zero-order valence-electron chi connectivity index (χ0n) is 7.71. The molecule has 1 rings (SSSR count). The minimum atomic E-state index is -0.397. The third kappa shape index (κ3) is 2.71. The summed E-state index contributed by atoms with van der Waals surface area (Å²) in [5, 5.41) is 10.6. The number of hydrogen-bond acceptors (Lipinski definition) is 4. The second-order valence-electron chi connectivity index (χ2n) is 2.78. The number of para-hydroxylation sites is 1. The first-order chi connectivity index (χ1) is 6.65. The van der Waals surface area contributed by atoms with Gasteiger partial charge in [-0.2, -0.15) is 0 Å². The van der Waals surface area contributed by atoms with E-state index in [1.807, 2.05) is 0 Å². The predicted molar refractivity (Wildman–Crippen MR) is 56.6 cm³/mol. The molecule has 0 saturated heterocycles. The van der Waals surface area contributed by atoms with E-state index in [4.69, 9.17) is 4.74 Å². The maximum Gasteiger partial charge on any atom is 0.272 e. The largest absolute Gasteiger partial charge is 0.371 e. The Bertz CT molecular complexity index is 330. The minimum absolute atomic E-state index is 0.114.